The molecular weight excluding hydrogens is 194 g/mol. The number of nitrogens with one attached hydrogen (secondary N) is 1. The number of benzene rings is 1. The minimum absolute atomic E-state index is 0.214. The molecule has 0 aliphatic heterocycles. The molecule has 0 saturated carbocycles. The van der Waals surface area contributed by atoms with Crippen LogP contribution in [0.5, 0.6) is 5.75 Å². The van der Waals surface area contributed by atoms with Crippen LogP contribution < -0.4 is 16.2 Å². The van der Waals surface area contributed by atoms with Crippen molar-refractivity contribution in [1.82, 2.24) is 15.2 Å². The van der Waals surface area contributed by atoms with Crippen LogP contribution in [0.2, 0.25) is 0 Å². The predicted molar refractivity (Wildman–Crippen MR) is 56.0 cm³/mol. The summed E-state index contributed by atoms with van der Waals surface area (Å²) >= 11 is 0. The van der Waals surface area contributed by atoms with Gasteiger partial charge >= 0.3 is 0 Å². The molecule has 15 heavy (non-hydrogen) atoms. The normalized spacial score (nSPS) is 10.1. The summed E-state index contributed by atoms with van der Waals surface area (Å²) in [5.74, 6) is 1.52. The van der Waals surface area contributed by atoms with Crippen LogP contribution in [0.25, 0.3) is 0 Å². The molecule has 0 aliphatic rings. The molecular formula is C9H11N5O. The van der Waals surface area contributed by atoms with E-state index >= 15 is 0 Å². The van der Waals surface area contributed by atoms with E-state index in [1.165, 1.54) is 0 Å². The summed E-state index contributed by atoms with van der Waals surface area (Å²) in [5.41, 5.74) is 11.6. The molecule has 0 bridgehead atoms. The maximum atomic E-state index is 5.54. The topological polar surface area (TPSA) is 103 Å². The highest BCUT2D eigenvalue weighted by atomic mass is 16.5. The Labute approximate surface area is 86.3 Å². The molecule has 0 aliphatic carbocycles. The number of nitrogen functional groups attached to an aromatic ring is 2. The molecule has 5 N–H and O–H groups in total. The van der Waals surface area contributed by atoms with Crippen molar-refractivity contribution in [1.29, 1.82) is 0 Å². The molecule has 0 amide bonds. The second-order valence-corrected chi connectivity index (χ2v) is 3.00. The van der Waals surface area contributed by atoms with E-state index in [9.17, 15) is 0 Å². The van der Waals surface area contributed by atoms with Crippen molar-refractivity contribution >= 4 is 11.6 Å². The molecule has 0 spiro atoms. The van der Waals surface area contributed by atoms with Crippen molar-refractivity contribution < 1.29 is 4.74 Å². The number of hydrogen-bond acceptors (Lipinski definition) is 5. The van der Waals surface area contributed by atoms with Crippen LogP contribution in [-0.4, -0.2) is 15.2 Å². The van der Waals surface area contributed by atoms with Crippen LogP contribution >= 0.6 is 0 Å². The molecule has 0 unspecified atom stereocenters. The summed E-state index contributed by atoms with van der Waals surface area (Å²) in [7, 11) is 0. The van der Waals surface area contributed by atoms with Crippen molar-refractivity contribution in [2.75, 3.05) is 11.5 Å². The van der Waals surface area contributed by atoms with Gasteiger partial charge in [0.05, 0.1) is 0 Å². The van der Waals surface area contributed by atoms with E-state index in [4.69, 9.17) is 16.2 Å². The number of anilines is 2. The smallest absolute Gasteiger partial charge is 0.239 e. The first kappa shape index (κ1) is 9.32. The number of aromatic nitrogens is 3. The maximum absolute atomic E-state index is 5.54. The fourth-order valence-corrected chi connectivity index (χ4v) is 1.09. The monoisotopic (exact) mass is 205 g/mol. The molecule has 2 rings (SSSR count). The molecule has 1 aromatic heterocycles. The molecule has 0 fully saturated rings. The van der Waals surface area contributed by atoms with Gasteiger partial charge in [-0.3, -0.25) is 5.10 Å². The SMILES string of the molecule is Nc1ccc(OCc2nc(N)n[nH]2)cc1. The summed E-state index contributed by atoms with van der Waals surface area (Å²) in [6, 6.07) is 7.11. The Bertz CT molecular complexity index is 436. The number of H-pyrrole nitrogens is 1. The number of rotatable bonds is 3. The molecule has 0 radical (unpaired) electrons. The van der Waals surface area contributed by atoms with Crippen LogP contribution in [0.1, 0.15) is 5.82 Å². The molecule has 78 valence electrons. The quantitative estimate of drug-likeness (QED) is 0.635. The summed E-state index contributed by atoms with van der Waals surface area (Å²) in [6.45, 7) is 0.300. The number of nitrogens with two attached hydrogens (primary N) is 2. The highest BCUT2D eigenvalue weighted by Gasteiger charge is 2.00. The van der Waals surface area contributed by atoms with E-state index in [0.29, 0.717) is 18.1 Å². The zero-order valence-electron chi connectivity index (χ0n) is 7.97. The third-order valence-corrected chi connectivity index (χ3v) is 1.80. The van der Waals surface area contributed by atoms with E-state index in [1.807, 2.05) is 0 Å². The summed E-state index contributed by atoms with van der Waals surface area (Å²) in [6.07, 6.45) is 0. The second-order valence-electron chi connectivity index (χ2n) is 3.00. The van der Waals surface area contributed by atoms with Gasteiger partial charge < -0.3 is 16.2 Å². The number of ether oxygens (including phenoxy) is 1. The van der Waals surface area contributed by atoms with E-state index < -0.39 is 0 Å². The van der Waals surface area contributed by atoms with E-state index in [2.05, 4.69) is 15.2 Å². The Balaban J connectivity index is 1.96. The molecule has 6 heteroatoms. The van der Waals surface area contributed by atoms with E-state index in [-0.39, 0.29) is 5.95 Å². The van der Waals surface area contributed by atoms with Gasteiger partial charge in [0.25, 0.3) is 0 Å². The van der Waals surface area contributed by atoms with Crippen LogP contribution in [0, 0.1) is 0 Å². The fraction of sp³-hybridized carbons (Fsp3) is 0.111. The second kappa shape index (κ2) is 3.87. The summed E-state index contributed by atoms with van der Waals surface area (Å²) in [4.78, 5) is 3.90. The Morgan fingerprint density at radius 2 is 1.93 bits per heavy atom. The Hall–Kier alpha value is -2.24. The summed E-state index contributed by atoms with van der Waals surface area (Å²) in [5, 5.41) is 6.34. The van der Waals surface area contributed by atoms with Gasteiger partial charge in [0.2, 0.25) is 5.95 Å². The molecule has 2 aromatic rings. The minimum atomic E-state index is 0.214. The molecule has 0 atom stereocenters. The van der Waals surface area contributed by atoms with Gasteiger partial charge in [0.1, 0.15) is 12.4 Å². The molecule has 1 aromatic carbocycles. The standard InChI is InChI=1S/C9H11N5O/c10-6-1-3-7(4-2-6)15-5-8-12-9(11)14-13-8/h1-4H,5,10H2,(H3,11,12,13,14). The zero-order valence-corrected chi connectivity index (χ0v) is 7.97. The first-order valence-corrected chi connectivity index (χ1v) is 4.39. The lowest BCUT2D eigenvalue weighted by atomic mass is 10.3. The Kier molecular flexibility index (Phi) is 2.40. The predicted octanol–water partition coefficient (Wildman–Crippen LogP) is 0.548. The average molecular weight is 205 g/mol. The Morgan fingerprint density at radius 1 is 1.20 bits per heavy atom. The zero-order chi connectivity index (χ0) is 10.7. The van der Waals surface area contributed by atoms with Crippen molar-refractivity contribution in [3.63, 3.8) is 0 Å². The average Bonchev–Trinajstić information content (AvgIpc) is 2.64. The summed E-state index contributed by atoms with van der Waals surface area (Å²) < 4.78 is 5.42. The van der Waals surface area contributed by atoms with Crippen LogP contribution in [0.4, 0.5) is 11.6 Å². The molecule has 6 nitrogen and oxygen atoms in total. The third-order valence-electron chi connectivity index (χ3n) is 1.80. The number of nitrogens with zero attached hydrogens (tertiary/aromatic N) is 2. The highest BCUT2D eigenvalue weighted by molar-refractivity contribution is 5.41. The molecule has 0 saturated heterocycles. The first-order chi connectivity index (χ1) is 7.24. The van der Waals surface area contributed by atoms with Crippen molar-refractivity contribution in [2.45, 2.75) is 6.61 Å². The van der Waals surface area contributed by atoms with E-state index in [1.54, 1.807) is 24.3 Å². The number of aromatic amines is 1. The van der Waals surface area contributed by atoms with Gasteiger partial charge in [-0.05, 0) is 24.3 Å². The fourth-order valence-electron chi connectivity index (χ4n) is 1.09. The Morgan fingerprint density at radius 3 is 2.53 bits per heavy atom. The largest absolute Gasteiger partial charge is 0.486 e. The van der Waals surface area contributed by atoms with Gasteiger partial charge in [-0.25, -0.2) is 0 Å². The lowest BCUT2D eigenvalue weighted by molar-refractivity contribution is 0.296. The van der Waals surface area contributed by atoms with Crippen LogP contribution in [-0.2, 0) is 6.61 Å². The molecule has 1 heterocycles. The van der Waals surface area contributed by atoms with Crippen molar-refractivity contribution in [3.8, 4) is 5.75 Å². The minimum Gasteiger partial charge on any atom is -0.486 e. The van der Waals surface area contributed by atoms with Gasteiger partial charge in [-0.15, -0.1) is 5.10 Å². The van der Waals surface area contributed by atoms with Gasteiger partial charge in [-0.2, -0.15) is 4.98 Å². The van der Waals surface area contributed by atoms with Gasteiger partial charge in [0, 0.05) is 5.69 Å². The van der Waals surface area contributed by atoms with Crippen LogP contribution in [0.3, 0.4) is 0 Å². The lowest BCUT2D eigenvalue weighted by Gasteiger charge is -2.03. The van der Waals surface area contributed by atoms with Crippen molar-refractivity contribution in [3.05, 3.63) is 30.1 Å². The lowest BCUT2D eigenvalue weighted by Crippen LogP contribution is -1.98. The third kappa shape index (κ3) is 2.37. The van der Waals surface area contributed by atoms with Gasteiger partial charge in [0.15, 0.2) is 5.82 Å². The van der Waals surface area contributed by atoms with Crippen LogP contribution in [0.15, 0.2) is 24.3 Å². The first-order valence-electron chi connectivity index (χ1n) is 4.39. The maximum Gasteiger partial charge on any atom is 0.239 e. The number of hydrogen-bond donors (Lipinski definition) is 3. The highest BCUT2D eigenvalue weighted by Crippen LogP contribution is 2.14. The van der Waals surface area contributed by atoms with Gasteiger partial charge in [-0.1, -0.05) is 0 Å². The van der Waals surface area contributed by atoms with E-state index in [0.717, 1.165) is 5.75 Å². The van der Waals surface area contributed by atoms with Crippen molar-refractivity contribution in [2.24, 2.45) is 0 Å².